The minimum atomic E-state index is -2.41. The first-order chi connectivity index (χ1) is 12.1. The molecule has 0 saturated heterocycles. The van der Waals surface area contributed by atoms with Gasteiger partial charge >= 0.3 is 0 Å². The number of fused-ring (bicyclic) bond motifs is 1. The van der Waals surface area contributed by atoms with Crippen LogP contribution in [-0.2, 0) is 4.79 Å². The molecular formula is C18H14F6O2. The molecule has 26 heavy (non-hydrogen) atoms. The summed E-state index contributed by atoms with van der Waals surface area (Å²) in [7, 11) is 0. The zero-order valence-corrected chi connectivity index (χ0v) is 13.6. The zero-order chi connectivity index (χ0) is 19.4. The summed E-state index contributed by atoms with van der Waals surface area (Å²) in [6.45, 7) is 1.57. The molecule has 1 fully saturated rings. The lowest BCUT2D eigenvalue weighted by Gasteiger charge is -2.43. The molecule has 0 aliphatic heterocycles. The average molecular weight is 376 g/mol. The smallest absolute Gasteiger partial charge is 0.200 e. The Kier molecular flexibility index (Phi) is 4.50. The van der Waals surface area contributed by atoms with Crippen LogP contribution in [0.5, 0.6) is 0 Å². The van der Waals surface area contributed by atoms with Crippen molar-refractivity contribution in [2.24, 2.45) is 5.41 Å². The van der Waals surface area contributed by atoms with E-state index in [1.54, 1.807) is 6.92 Å². The highest BCUT2D eigenvalue weighted by Gasteiger charge is 2.45. The fourth-order valence-corrected chi connectivity index (χ4v) is 3.61. The number of hydrogen-bond acceptors (Lipinski definition) is 2. The molecule has 2 nitrogen and oxygen atoms in total. The third-order valence-electron chi connectivity index (χ3n) is 5.23. The van der Waals surface area contributed by atoms with Gasteiger partial charge in [-0.3, -0.25) is 4.79 Å². The predicted molar refractivity (Wildman–Crippen MR) is 79.9 cm³/mol. The summed E-state index contributed by atoms with van der Waals surface area (Å²) in [6, 6.07) is 0. The highest BCUT2D eigenvalue weighted by Crippen LogP contribution is 2.49. The molecule has 0 heterocycles. The second-order valence-electron chi connectivity index (χ2n) is 6.77. The van der Waals surface area contributed by atoms with Gasteiger partial charge in [0.15, 0.2) is 29.1 Å². The molecule has 140 valence electrons. The number of carbonyl (C=O) groups is 1. The molecule has 2 aliphatic carbocycles. The van der Waals surface area contributed by atoms with Crippen molar-refractivity contribution in [1.29, 1.82) is 0 Å². The van der Waals surface area contributed by atoms with E-state index >= 15 is 0 Å². The molecule has 1 saturated carbocycles. The second-order valence-corrected chi connectivity index (χ2v) is 6.77. The first kappa shape index (κ1) is 18.7. The third-order valence-corrected chi connectivity index (χ3v) is 5.23. The highest BCUT2D eigenvalue weighted by atomic mass is 19.2. The Hall–Kier alpha value is -2.09. The van der Waals surface area contributed by atoms with Gasteiger partial charge in [-0.25, -0.2) is 26.3 Å². The van der Waals surface area contributed by atoms with Crippen LogP contribution in [0.3, 0.4) is 0 Å². The summed E-state index contributed by atoms with van der Waals surface area (Å²) in [6.07, 6.45) is 1.26. The fraction of sp³-hybridized carbons (Fsp3) is 0.389. The van der Waals surface area contributed by atoms with E-state index in [-0.39, 0.29) is 0 Å². The Balaban J connectivity index is 2.21. The molecule has 0 aromatic heterocycles. The van der Waals surface area contributed by atoms with E-state index < -0.39 is 69.8 Å². The van der Waals surface area contributed by atoms with Gasteiger partial charge in [-0.1, -0.05) is 12.5 Å². The van der Waals surface area contributed by atoms with Gasteiger partial charge in [-0.05, 0) is 31.8 Å². The number of benzene rings is 1. The van der Waals surface area contributed by atoms with Crippen LogP contribution >= 0.6 is 0 Å². The molecule has 1 N–H and O–H groups in total. The number of ketones is 1. The summed E-state index contributed by atoms with van der Waals surface area (Å²) in [4.78, 5) is 12.2. The van der Waals surface area contributed by atoms with Gasteiger partial charge in [0.25, 0.3) is 0 Å². The van der Waals surface area contributed by atoms with E-state index in [2.05, 4.69) is 0 Å². The Morgan fingerprint density at radius 2 is 1.62 bits per heavy atom. The molecule has 0 amide bonds. The van der Waals surface area contributed by atoms with Crippen LogP contribution in [0.25, 0.3) is 5.83 Å². The van der Waals surface area contributed by atoms with Gasteiger partial charge in [-0.2, -0.15) is 0 Å². The average Bonchev–Trinajstić information content (AvgIpc) is 2.60. The van der Waals surface area contributed by atoms with Crippen molar-refractivity contribution in [1.82, 2.24) is 0 Å². The van der Waals surface area contributed by atoms with Crippen LogP contribution in [0.15, 0.2) is 17.2 Å². The summed E-state index contributed by atoms with van der Waals surface area (Å²) < 4.78 is 82.3. The minimum absolute atomic E-state index is 0.388. The number of halogens is 6. The number of allylic oxidation sites excluding steroid dienone is 2. The van der Waals surface area contributed by atoms with Crippen LogP contribution in [0.1, 0.15) is 38.2 Å². The molecule has 1 aromatic carbocycles. The van der Waals surface area contributed by atoms with E-state index in [0.717, 1.165) is 6.08 Å². The van der Waals surface area contributed by atoms with Gasteiger partial charge in [0.1, 0.15) is 5.83 Å². The molecular weight excluding hydrogens is 362 g/mol. The molecule has 2 aliphatic rings. The van der Waals surface area contributed by atoms with Crippen molar-refractivity contribution in [3.8, 4) is 0 Å². The normalized spacial score (nSPS) is 27.9. The van der Waals surface area contributed by atoms with Crippen LogP contribution in [0.4, 0.5) is 26.3 Å². The van der Waals surface area contributed by atoms with Crippen molar-refractivity contribution >= 4 is 11.6 Å². The first-order valence-corrected chi connectivity index (χ1v) is 7.93. The van der Waals surface area contributed by atoms with Crippen molar-refractivity contribution in [2.45, 2.75) is 38.7 Å². The van der Waals surface area contributed by atoms with Crippen molar-refractivity contribution in [3.05, 3.63) is 51.9 Å². The van der Waals surface area contributed by atoms with Gasteiger partial charge in [0, 0.05) is 11.0 Å². The summed E-state index contributed by atoms with van der Waals surface area (Å²) in [5.41, 5.74) is -2.95. The quantitative estimate of drug-likeness (QED) is 0.339. The highest BCUT2D eigenvalue weighted by molar-refractivity contribution is 6.10. The van der Waals surface area contributed by atoms with Crippen LogP contribution < -0.4 is 0 Å². The zero-order valence-electron chi connectivity index (χ0n) is 13.6. The number of carbonyl (C=O) groups excluding carboxylic acids is 1. The lowest BCUT2D eigenvalue weighted by atomic mass is 9.63. The molecule has 0 bridgehead atoms. The summed E-state index contributed by atoms with van der Waals surface area (Å²) in [5, 5.41) is 10.2. The summed E-state index contributed by atoms with van der Waals surface area (Å²) >= 11 is 0. The largest absolute Gasteiger partial charge is 0.392 e. The van der Waals surface area contributed by atoms with E-state index in [0.29, 0.717) is 24.8 Å². The van der Waals surface area contributed by atoms with E-state index in [4.69, 9.17) is 0 Å². The van der Waals surface area contributed by atoms with Gasteiger partial charge < -0.3 is 5.11 Å². The van der Waals surface area contributed by atoms with Gasteiger partial charge in [-0.15, -0.1) is 0 Å². The SMILES string of the molecule is C[C@]12C/C(=C(\F)c3c(F)c(F)c(F)c(F)c3F)C(=O)C=C1CCC[C@@H]2O. The second kappa shape index (κ2) is 6.26. The van der Waals surface area contributed by atoms with E-state index in [9.17, 15) is 36.2 Å². The molecule has 8 heteroatoms. The van der Waals surface area contributed by atoms with E-state index in [1.807, 2.05) is 0 Å². The predicted octanol–water partition coefficient (Wildman–Crippen LogP) is 4.51. The number of aliphatic hydroxyl groups excluding tert-OH is 1. The molecule has 2 atom stereocenters. The maximum atomic E-state index is 14.8. The maximum Gasteiger partial charge on any atom is 0.200 e. The van der Waals surface area contributed by atoms with Gasteiger partial charge in [0.2, 0.25) is 5.82 Å². The number of aliphatic hydroxyl groups is 1. The molecule has 3 rings (SSSR count). The number of hydrogen-bond donors (Lipinski definition) is 1. The molecule has 0 spiro atoms. The van der Waals surface area contributed by atoms with Crippen molar-refractivity contribution in [2.75, 3.05) is 0 Å². The molecule has 0 unspecified atom stereocenters. The minimum Gasteiger partial charge on any atom is -0.392 e. The Morgan fingerprint density at radius 3 is 2.19 bits per heavy atom. The monoisotopic (exact) mass is 376 g/mol. The molecule has 0 radical (unpaired) electrons. The van der Waals surface area contributed by atoms with Gasteiger partial charge in [0.05, 0.1) is 11.7 Å². The first-order valence-electron chi connectivity index (χ1n) is 7.93. The standard InChI is InChI=1S/C18H14F6O2/c1-18-6-8(9(25)5-7(18)3-2-4-10(18)26)12(19)11-13(20)15(22)17(24)16(23)14(11)21/h5,10,26H,2-4,6H2,1H3/b12-8+/t10-,18-/m0/s1. The van der Waals surface area contributed by atoms with Crippen LogP contribution in [0.2, 0.25) is 0 Å². The third kappa shape index (κ3) is 2.58. The number of rotatable bonds is 1. The van der Waals surface area contributed by atoms with Crippen LogP contribution in [-0.4, -0.2) is 17.0 Å². The topological polar surface area (TPSA) is 37.3 Å². The maximum absolute atomic E-state index is 14.8. The fourth-order valence-electron chi connectivity index (χ4n) is 3.61. The van der Waals surface area contributed by atoms with E-state index in [1.165, 1.54) is 0 Å². The lowest BCUT2D eigenvalue weighted by molar-refractivity contribution is -0.112. The summed E-state index contributed by atoms with van der Waals surface area (Å²) in [5.74, 6) is -14.4. The van der Waals surface area contributed by atoms with Crippen LogP contribution in [0, 0.1) is 34.5 Å². The Bertz CT molecular complexity index is 844. The lowest BCUT2D eigenvalue weighted by Crippen LogP contribution is -2.41. The Labute approximate surface area is 144 Å². The Morgan fingerprint density at radius 1 is 1.08 bits per heavy atom. The van der Waals surface area contributed by atoms with Crippen molar-refractivity contribution in [3.63, 3.8) is 0 Å². The van der Waals surface area contributed by atoms with Crippen molar-refractivity contribution < 1.29 is 36.2 Å². The molecule has 1 aromatic rings.